The fraction of sp³-hybridized carbons (Fsp3) is 0.880. The third-order valence-corrected chi connectivity index (χ3v) is 9.96. The molecule has 1 saturated carbocycles. The first-order chi connectivity index (χ1) is 18.0. The average Bonchev–Trinajstić information content (AvgIpc) is 3.41. The minimum atomic E-state index is -3.87. The van der Waals surface area contributed by atoms with Gasteiger partial charge < -0.3 is 29.1 Å². The van der Waals surface area contributed by atoms with Crippen molar-refractivity contribution in [3.8, 4) is 0 Å². The summed E-state index contributed by atoms with van der Waals surface area (Å²) in [4.78, 5) is 15.4. The fourth-order valence-corrected chi connectivity index (χ4v) is 6.57. The molecule has 1 aromatic rings. The van der Waals surface area contributed by atoms with Crippen LogP contribution in [-0.4, -0.2) is 94.4 Å². The van der Waals surface area contributed by atoms with Crippen molar-refractivity contribution >= 4 is 15.4 Å². The first kappa shape index (κ1) is 30.2. The Kier molecular flexibility index (Phi) is 10.1. The Morgan fingerprint density at radius 3 is 2.53 bits per heavy atom. The van der Waals surface area contributed by atoms with E-state index in [1.165, 1.54) is 24.1 Å². The van der Waals surface area contributed by atoms with E-state index in [-0.39, 0.29) is 13.2 Å². The summed E-state index contributed by atoms with van der Waals surface area (Å²) in [6, 6.07) is -1.20. The molecular formula is C25H43BN3O8P. The van der Waals surface area contributed by atoms with Crippen LogP contribution in [0.1, 0.15) is 51.8 Å². The lowest BCUT2D eigenvalue weighted by atomic mass is 9.96. The van der Waals surface area contributed by atoms with Gasteiger partial charge in [0.15, 0.2) is 6.23 Å². The quantitative estimate of drug-likeness (QED) is 0.199. The van der Waals surface area contributed by atoms with Crippen LogP contribution < -0.4 is 0 Å². The number of rotatable bonds is 12. The van der Waals surface area contributed by atoms with Crippen molar-refractivity contribution < 1.29 is 38.5 Å². The second-order valence-electron chi connectivity index (χ2n) is 11.3. The van der Waals surface area contributed by atoms with Gasteiger partial charge in [0.05, 0.1) is 50.8 Å². The van der Waals surface area contributed by atoms with Crippen molar-refractivity contribution in [1.82, 2.24) is 14.8 Å². The van der Waals surface area contributed by atoms with Crippen molar-refractivity contribution in [2.24, 2.45) is 23.7 Å². The lowest BCUT2D eigenvalue weighted by molar-refractivity contribution is -0.368. The Balaban J connectivity index is 1.19. The highest BCUT2D eigenvalue weighted by molar-refractivity contribution is 7.53. The summed E-state index contributed by atoms with van der Waals surface area (Å²) in [6.07, 6.45) is 2.67. The number of nitrogens with zero attached hydrogens (tertiary/aromatic N) is 3. The predicted molar refractivity (Wildman–Crippen MR) is 140 cm³/mol. The van der Waals surface area contributed by atoms with E-state index in [4.69, 9.17) is 26.7 Å². The normalized spacial score (nSPS) is 33.4. The standard InChI is InChI=1S/C25H43BN3O8P/c1-15(2)22-18-6-5-17-13-27-28(20(17)8-7-19(18)22)9-10-34-11-12-35-29-24(30)21(37-23(26)25(29)31)14-36-38(32,33)16(3)4/h13,15-16,18-19,21-25,30-31H,5-12,14H2,1-4H3,(H,32,33). The van der Waals surface area contributed by atoms with Crippen LogP contribution in [0.5, 0.6) is 0 Å². The van der Waals surface area contributed by atoms with Crippen LogP contribution in [0.2, 0.25) is 0 Å². The molecule has 0 bridgehead atoms. The molecule has 2 fully saturated rings. The third-order valence-electron chi connectivity index (χ3n) is 8.14. The maximum Gasteiger partial charge on any atom is 0.330 e. The number of aliphatic hydroxyl groups excluding tert-OH is 2. The lowest BCUT2D eigenvalue weighted by Gasteiger charge is -2.43. The first-order valence-corrected chi connectivity index (χ1v) is 15.4. The van der Waals surface area contributed by atoms with Crippen LogP contribution >= 0.6 is 7.60 Å². The molecule has 8 unspecified atom stereocenters. The predicted octanol–water partition coefficient (Wildman–Crippen LogP) is 1.67. The summed E-state index contributed by atoms with van der Waals surface area (Å²) >= 11 is 0. The zero-order chi connectivity index (χ0) is 27.6. The lowest BCUT2D eigenvalue weighted by Crippen LogP contribution is -2.62. The highest BCUT2D eigenvalue weighted by Crippen LogP contribution is 2.56. The molecule has 0 amide bonds. The molecule has 2 radical (unpaired) electrons. The molecule has 0 spiro atoms. The number of aryl methyl sites for hydroxylation is 1. The number of aliphatic hydroxyl groups is 2. The van der Waals surface area contributed by atoms with Gasteiger partial charge in [-0.2, -0.15) is 5.10 Å². The molecule has 11 nitrogen and oxygen atoms in total. The topological polar surface area (TPSA) is 136 Å². The van der Waals surface area contributed by atoms with Gasteiger partial charge in [-0.1, -0.05) is 27.7 Å². The molecule has 0 aromatic carbocycles. The van der Waals surface area contributed by atoms with E-state index in [1.54, 1.807) is 13.8 Å². The molecule has 4 rings (SSSR count). The van der Waals surface area contributed by atoms with Gasteiger partial charge in [-0.05, 0) is 54.9 Å². The van der Waals surface area contributed by atoms with Gasteiger partial charge in [-0.3, -0.25) is 14.1 Å². The summed E-state index contributed by atoms with van der Waals surface area (Å²) < 4.78 is 30.3. The van der Waals surface area contributed by atoms with Gasteiger partial charge in [0, 0.05) is 5.69 Å². The zero-order valence-electron chi connectivity index (χ0n) is 22.9. The molecule has 38 heavy (non-hydrogen) atoms. The minimum Gasteiger partial charge on any atom is -0.377 e. The van der Waals surface area contributed by atoms with Gasteiger partial charge >= 0.3 is 7.60 Å². The van der Waals surface area contributed by atoms with Gasteiger partial charge in [0.1, 0.15) is 20.2 Å². The summed E-state index contributed by atoms with van der Waals surface area (Å²) in [5.41, 5.74) is 2.07. The molecule has 3 N–H and O–H groups in total. The van der Waals surface area contributed by atoms with E-state index in [9.17, 15) is 19.7 Å². The molecule has 3 aliphatic rings. The van der Waals surface area contributed by atoms with Crippen molar-refractivity contribution in [2.75, 3.05) is 26.4 Å². The van der Waals surface area contributed by atoms with Crippen LogP contribution in [0.15, 0.2) is 6.20 Å². The number of hydroxylamine groups is 2. The van der Waals surface area contributed by atoms with Gasteiger partial charge in [0.2, 0.25) is 0 Å². The highest BCUT2D eigenvalue weighted by atomic mass is 31.2. The molecule has 1 saturated heterocycles. The number of hydrogen-bond donors (Lipinski definition) is 3. The Bertz CT molecular complexity index is 965. The van der Waals surface area contributed by atoms with Crippen LogP contribution in [0.4, 0.5) is 0 Å². The van der Waals surface area contributed by atoms with Crippen LogP contribution in [0.25, 0.3) is 0 Å². The number of aromatic nitrogens is 2. The number of morpholine rings is 1. The van der Waals surface area contributed by atoms with Crippen LogP contribution in [0.3, 0.4) is 0 Å². The summed E-state index contributed by atoms with van der Waals surface area (Å²) in [5.74, 6) is 3.37. The molecule has 2 heterocycles. The van der Waals surface area contributed by atoms with Gasteiger partial charge in [-0.25, -0.2) is 0 Å². The van der Waals surface area contributed by atoms with E-state index in [2.05, 4.69) is 23.6 Å². The third kappa shape index (κ3) is 6.90. The minimum absolute atomic E-state index is 0.0514. The van der Waals surface area contributed by atoms with Gasteiger partial charge in [0.25, 0.3) is 0 Å². The second-order valence-corrected chi connectivity index (χ2v) is 13.7. The Morgan fingerprint density at radius 2 is 1.84 bits per heavy atom. The van der Waals surface area contributed by atoms with E-state index in [0.29, 0.717) is 13.2 Å². The molecule has 2 aliphatic carbocycles. The van der Waals surface area contributed by atoms with Crippen molar-refractivity contribution in [3.05, 3.63) is 17.5 Å². The number of hydrogen-bond acceptors (Lipinski definition) is 9. The Morgan fingerprint density at radius 1 is 1.13 bits per heavy atom. The average molecular weight is 555 g/mol. The van der Waals surface area contributed by atoms with Gasteiger partial charge in [-0.15, -0.1) is 5.06 Å². The number of fused-ring (bicyclic) bond motifs is 2. The first-order valence-electron chi connectivity index (χ1n) is 13.8. The van der Waals surface area contributed by atoms with Crippen molar-refractivity contribution in [2.45, 2.75) is 90.1 Å². The Labute approximate surface area is 226 Å². The molecule has 1 aliphatic heterocycles. The highest BCUT2D eigenvalue weighted by Gasteiger charge is 2.50. The van der Waals surface area contributed by atoms with E-state index >= 15 is 0 Å². The monoisotopic (exact) mass is 555 g/mol. The molecular weight excluding hydrogens is 512 g/mol. The Hall–Kier alpha value is -0.815. The van der Waals surface area contributed by atoms with Crippen LogP contribution in [0, 0.1) is 23.7 Å². The molecule has 13 heteroatoms. The maximum absolute atomic E-state index is 12.1. The fourth-order valence-electron chi connectivity index (χ4n) is 5.91. The SMILES string of the molecule is [B]C1OC(COP(=O)(O)C(C)C)C(O)N(OCCOCCn2ncc3c2CCC2C(CC3)C2C(C)C)C1O. The zero-order valence-corrected chi connectivity index (χ0v) is 23.8. The van der Waals surface area contributed by atoms with Crippen molar-refractivity contribution in [3.63, 3.8) is 0 Å². The summed E-state index contributed by atoms with van der Waals surface area (Å²) in [5, 5.41) is 26.4. The maximum atomic E-state index is 12.1. The van der Waals surface area contributed by atoms with E-state index < -0.39 is 44.4 Å². The summed E-state index contributed by atoms with van der Waals surface area (Å²) in [6.45, 7) is 8.76. The largest absolute Gasteiger partial charge is 0.377 e. The second kappa shape index (κ2) is 12.8. The van der Waals surface area contributed by atoms with Crippen LogP contribution in [-0.2, 0) is 42.8 Å². The summed E-state index contributed by atoms with van der Waals surface area (Å²) in [7, 11) is 1.94. The van der Waals surface area contributed by atoms with E-state index in [0.717, 1.165) is 41.6 Å². The molecule has 214 valence electrons. The van der Waals surface area contributed by atoms with E-state index in [1.807, 2.05) is 6.20 Å². The van der Waals surface area contributed by atoms with Crippen molar-refractivity contribution in [1.29, 1.82) is 0 Å². The molecule has 1 aromatic heterocycles. The molecule has 8 atom stereocenters. The smallest absolute Gasteiger partial charge is 0.330 e. The number of ether oxygens (including phenoxy) is 2.